The summed E-state index contributed by atoms with van der Waals surface area (Å²) in [5.74, 6) is 1.09. The summed E-state index contributed by atoms with van der Waals surface area (Å²) in [6.07, 6.45) is 5.34. The molecule has 0 spiro atoms. The number of nitrogens with zero attached hydrogens (tertiary/aromatic N) is 4. The molecule has 3 aromatic rings. The molecule has 1 aliphatic heterocycles. The summed E-state index contributed by atoms with van der Waals surface area (Å²) >= 11 is 0. The number of pyridine rings is 1. The molecule has 30 heavy (non-hydrogen) atoms. The van der Waals surface area contributed by atoms with Gasteiger partial charge < -0.3 is 10.2 Å². The average molecular weight is 405 g/mol. The number of carbonyl (C=O) groups excluding carboxylic acids is 1. The average Bonchev–Trinajstić information content (AvgIpc) is 2.81. The van der Waals surface area contributed by atoms with E-state index in [1.165, 1.54) is 6.07 Å². The Kier molecular flexibility index (Phi) is 5.97. The number of hydrogen-bond acceptors (Lipinski definition) is 5. The van der Waals surface area contributed by atoms with Crippen molar-refractivity contribution in [1.82, 2.24) is 19.9 Å². The van der Waals surface area contributed by atoms with Gasteiger partial charge in [-0.3, -0.25) is 9.78 Å². The van der Waals surface area contributed by atoms with Crippen LogP contribution in [0.15, 0.2) is 54.9 Å². The molecule has 6 nitrogen and oxygen atoms in total. The molecule has 0 saturated carbocycles. The van der Waals surface area contributed by atoms with Crippen molar-refractivity contribution >= 4 is 11.7 Å². The summed E-state index contributed by atoms with van der Waals surface area (Å²) in [6.45, 7) is 1.26. The molecule has 0 bridgehead atoms. The van der Waals surface area contributed by atoms with E-state index in [0.29, 0.717) is 24.5 Å². The quantitative estimate of drug-likeness (QED) is 0.701. The summed E-state index contributed by atoms with van der Waals surface area (Å²) in [5.41, 5.74) is 2.24. The van der Waals surface area contributed by atoms with Gasteiger partial charge in [0.25, 0.3) is 0 Å². The standard InChI is InChI=1S/C23H24FN5O/c1-25-21-14-20(27-23(28-21)16-8-10-26-11-9-16)18-6-4-12-29(15-18)22(30)13-17-5-2-3-7-19(17)24/h2-3,5,7-11,14,18H,4,6,12-13,15H2,1H3,(H,25,27,28)/t18-/m1/s1. The van der Waals surface area contributed by atoms with Crippen molar-refractivity contribution in [2.75, 3.05) is 25.5 Å². The second-order valence-corrected chi connectivity index (χ2v) is 7.43. The Morgan fingerprint density at radius 3 is 2.77 bits per heavy atom. The van der Waals surface area contributed by atoms with Crippen molar-refractivity contribution in [3.05, 3.63) is 71.9 Å². The molecule has 1 amide bonds. The molecule has 0 aliphatic carbocycles. The van der Waals surface area contributed by atoms with Gasteiger partial charge in [-0.05, 0) is 36.6 Å². The summed E-state index contributed by atoms with van der Waals surface area (Å²) in [4.78, 5) is 28.1. The number of likely N-dealkylation sites (tertiary alicyclic amines) is 1. The van der Waals surface area contributed by atoms with Gasteiger partial charge in [-0.1, -0.05) is 18.2 Å². The molecule has 0 unspecified atom stereocenters. The van der Waals surface area contributed by atoms with E-state index >= 15 is 0 Å². The second kappa shape index (κ2) is 8.98. The van der Waals surface area contributed by atoms with E-state index in [4.69, 9.17) is 4.98 Å². The van der Waals surface area contributed by atoms with E-state index in [1.807, 2.05) is 30.1 Å². The molecule has 1 fully saturated rings. The number of rotatable bonds is 5. The van der Waals surface area contributed by atoms with E-state index < -0.39 is 0 Å². The SMILES string of the molecule is CNc1cc([C@@H]2CCCN(C(=O)Cc3ccccc3F)C2)nc(-c2ccncc2)n1. The van der Waals surface area contributed by atoms with Gasteiger partial charge in [0.2, 0.25) is 5.91 Å². The molecule has 4 rings (SSSR count). The van der Waals surface area contributed by atoms with Gasteiger partial charge in [0.05, 0.1) is 12.1 Å². The van der Waals surface area contributed by atoms with E-state index in [2.05, 4.69) is 15.3 Å². The van der Waals surface area contributed by atoms with E-state index in [9.17, 15) is 9.18 Å². The first-order valence-electron chi connectivity index (χ1n) is 10.1. The predicted molar refractivity (Wildman–Crippen MR) is 113 cm³/mol. The van der Waals surface area contributed by atoms with Crippen LogP contribution in [-0.2, 0) is 11.2 Å². The van der Waals surface area contributed by atoms with Crippen LogP contribution < -0.4 is 5.32 Å². The molecule has 3 heterocycles. The molecular formula is C23H24FN5O. The van der Waals surface area contributed by atoms with Gasteiger partial charge in [-0.25, -0.2) is 14.4 Å². The number of piperidine rings is 1. The van der Waals surface area contributed by atoms with Crippen molar-refractivity contribution in [3.8, 4) is 11.4 Å². The zero-order chi connectivity index (χ0) is 20.9. The highest BCUT2D eigenvalue weighted by Crippen LogP contribution is 2.29. The number of nitrogens with one attached hydrogen (secondary N) is 1. The third-order valence-corrected chi connectivity index (χ3v) is 5.43. The first kappa shape index (κ1) is 19.9. The molecule has 1 aliphatic rings. The molecule has 0 radical (unpaired) electrons. The fourth-order valence-corrected chi connectivity index (χ4v) is 3.79. The smallest absolute Gasteiger partial charge is 0.227 e. The largest absolute Gasteiger partial charge is 0.373 e. The minimum Gasteiger partial charge on any atom is -0.373 e. The van der Waals surface area contributed by atoms with Gasteiger partial charge in [-0.2, -0.15) is 0 Å². The minimum atomic E-state index is -0.337. The molecule has 154 valence electrons. The Hall–Kier alpha value is -3.35. The van der Waals surface area contributed by atoms with Crippen LogP contribution >= 0.6 is 0 Å². The summed E-state index contributed by atoms with van der Waals surface area (Å²) in [7, 11) is 1.83. The number of hydrogen-bond donors (Lipinski definition) is 1. The third-order valence-electron chi connectivity index (χ3n) is 5.43. The second-order valence-electron chi connectivity index (χ2n) is 7.43. The molecule has 1 atom stereocenters. The Morgan fingerprint density at radius 1 is 1.20 bits per heavy atom. The lowest BCUT2D eigenvalue weighted by Crippen LogP contribution is -2.40. The predicted octanol–water partition coefficient (Wildman–Crippen LogP) is 3.67. The number of carbonyl (C=O) groups is 1. The van der Waals surface area contributed by atoms with Crippen LogP contribution in [-0.4, -0.2) is 45.9 Å². The first-order valence-corrected chi connectivity index (χ1v) is 10.1. The highest BCUT2D eigenvalue weighted by molar-refractivity contribution is 5.79. The summed E-state index contributed by atoms with van der Waals surface area (Å²) in [5, 5.41) is 3.10. The lowest BCUT2D eigenvalue weighted by atomic mass is 9.93. The number of aromatic nitrogens is 3. The van der Waals surface area contributed by atoms with Crippen LogP contribution in [0.4, 0.5) is 10.2 Å². The Morgan fingerprint density at radius 2 is 2.00 bits per heavy atom. The van der Waals surface area contributed by atoms with E-state index in [1.54, 1.807) is 30.6 Å². The number of halogens is 1. The third kappa shape index (κ3) is 4.45. The van der Waals surface area contributed by atoms with Crippen molar-refractivity contribution in [2.24, 2.45) is 0 Å². The van der Waals surface area contributed by atoms with Crippen molar-refractivity contribution in [2.45, 2.75) is 25.2 Å². The topological polar surface area (TPSA) is 71.0 Å². The number of amides is 1. The monoisotopic (exact) mass is 405 g/mol. The van der Waals surface area contributed by atoms with Crippen molar-refractivity contribution < 1.29 is 9.18 Å². The maximum absolute atomic E-state index is 13.9. The minimum absolute atomic E-state index is 0.0537. The Balaban J connectivity index is 1.54. The van der Waals surface area contributed by atoms with Gasteiger partial charge in [0.1, 0.15) is 11.6 Å². The Bertz CT molecular complexity index is 1030. The highest BCUT2D eigenvalue weighted by atomic mass is 19.1. The number of anilines is 1. The zero-order valence-electron chi connectivity index (χ0n) is 16.9. The van der Waals surface area contributed by atoms with Crippen LogP contribution in [0.1, 0.15) is 30.0 Å². The maximum Gasteiger partial charge on any atom is 0.227 e. The highest BCUT2D eigenvalue weighted by Gasteiger charge is 2.27. The molecule has 2 aromatic heterocycles. The van der Waals surface area contributed by atoms with Gasteiger partial charge in [-0.15, -0.1) is 0 Å². The molecular weight excluding hydrogens is 381 g/mol. The Labute approximate surface area is 175 Å². The lowest BCUT2D eigenvalue weighted by molar-refractivity contribution is -0.131. The van der Waals surface area contributed by atoms with Gasteiger partial charge in [0, 0.05) is 50.1 Å². The lowest BCUT2D eigenvalue weighted by Gasteiger charge is -2.33. The van der Waals surface area contributed by atoms with Gasteiger partial charge >= 0.3 is 0 Å². The van der Waals surface area contributed by atoms with Crippen LogP contribution in [0.5, 0.6) is 0 Å². The van der Waals surface area contributed by atoms with Crippen molar-refractivity contribution in [1.29, 1.82) is 0 Å². The van der Waals surface area contributed by atoms with E-state index in [0.717, 1.165) is 29.9 Å². The van der Waals surface area contributed by atoms with Crippen LogP contribution in [0, 0.1) is 5.82 Å². The first-order chi connectivity index (χ1) is 14.6. The van der Waals surface area contributed by atoms with Crippen LogP contribution in [0.25, 0.3) is 11.4 Å². The van der Waals surface area contributed by atoms with E-state index in [-0.39, 0.29) is 24.1 Å². The molecule has 7 heteroatoms. The van der Waals surface area contributed by atoms with Crippen molar-refractivity contribution in [3.63, 3.8) is 0 Å². The summed E-state index contributed by atoms with van der Waals surface area (Å²) in [6, 6.07) is 12.1. The summed E-state index contributed by atoms with van der Waals surface area (Å²) < 4.78 is 13.9. The number of benzene rings is 1. The maximum atomic E-state index is 13.9. The fraction of sp³-hybridized carbons (Fsp3) is 0.304. The molecule has 1 N–H and O–H groups in total. The van der Waals surface area contributed by atoms with Crippen LogP contribution in [0.2, 0.25) is 0 Å². The fourth-order valence-electron chi connectivity index (χ4n) is 3.79. The molecule has 1 saturated heterocycles. The van der Waals surface area contributed by atoms with Crippen LogP contribution in [0.3, 0.4) is 0 Å². The zero-order valence-corrected chi connectivity index (χ0v) is 16.9. The molecule has 1 aromatic carbocycles. The van der Waals surface area contributed by atoms with Gasteiger partial charge in [0.15, 0.2) is 5.82 Å². The normalized spacial score (nSPS) is 16.3.